The lowest BCUT2D eigenvalue weighted by molar-refractivity contribution is 0.0943. The van der Waals surface area contributed by atoms with Gasteiger partial charge < -0.3 is 5.32 Å². The lowest BCUT2D eigenvalue weighted by Gasteiger charge is -2.17. The van der Waals surface area contributed by atoms with Crippen LogP contribution in [0.5, 0.6) is 0 Å². The van der Waals surface area contributed by atoms with Crippen molar-refractivity contribution in [2.45, 2.75) is 33.7 Å². The van der Waals surface area contributed by atoms with E-state index in [1.165, 1.54) is 23.2 Å². The fraction of sp³-hybridized carbons (Fsp3) is 0.294. The van der Waals surface area contributed by atoms with E-state index < -0.39 is 0 Å². The molecule has 124 valence electrons. The fourth-order valence-electron chi connectivity index (χ4n) is 2.58. The highest BCUT2D eigenvalue weighted by Gasteiger charge is 2.20. The second-order valence-corrected chi connectivity index (χ2v) is 6.82. The average Bonchev–Trinajstić information content (AvgIpc) is 3.18. The number of aryl methyl sites for hydroxylation is 3. The Kier molecular flexibility index (Phi) is 4.44. The van der Waals surface area contributed by atoms with Crippen LogP contribution in [-0.4, -0.2) is 26.1 Å². The Hall–Kier alpha value is -2.54. The molecule has 1 amide bonds. The number of benzene rings is 1. The summed E-state index contributed by atoms with van der Waals surface area (Å²) in [5.41, 5.74) is 4.16. The van der Waals surface area contributed by atoms with Crippen LogP contribution in [0.25, 0.3) is 10.8 Å². The maximum absolute atomic E-state index is 12.6. The van der Waals surface area contributed by atoms with E-state index in [4.69, 9.17) is 0 Å². The zero-order valence-corrected chi connectivity index (χ0v) is 14.9. The van der Waals surface area contributed by atoms with Gasteiger partial charge in [-0.2, -0.15) is 5.10 Å². The Morgan fingerprint density at radius 1 is 1.29 bits per heavy atom. The minimum Gasteiger partial charge on any atom is -0.345 e. The van der Waals surface area contributed by atoms with Gasteiger partial charge >= 0.3 is 0 Å². The third-order valence-electron chi connectivity index (χ3n) is 3.87. The summed E-state index contributed by atoms with van der Waals surface area (Å²) in [6.45, 7) is 7.92. The minimum atomic E-state index is -0.121. The van der Waals surface area contributed by atoms with Crippen LogP contribution in [0.15, 0.2) is 24.5 Å². The molecule has 1 atom stereocenters. The summed E-state index contributed by atoms with van der Waals surface area (Å²) in [5.74, 6) is 0.453. The maximum atomic E-state index is 12.6. The van der Waals surface area contributed by atoms with Crippen LogP contribution in [0.3, 0.4) is 0 Å². The SMILES string of the molecule is Cc1ccc(C)c(C(C)NC(=O)c2sc(-c3ncn[nH]3)nc2C)c1. The van der Waals surface area contributed by atoms with Crippen molar-refractivity contribution in [3.8, 4) is 10.8 Å². The Balaban J connectivity index is 1.81. The first-order valence-corrected chi connectivity index (χ1v) is 8.48. The van der Waals surface area contributed by atoms with Gasteiger partial charge in [0, 0.05) is 0 Å². The molecule has 0 aliphatic rings. The van der Waals surface area contributed by atoms with Gasteiger partial charge in [0.25, 0.3) is 5.91 Å². The summed E-state index contributed by atoms with van der Waals surface area (Å²) in [6, 6.07) is 6.19. The number of aromatic amines is 1. The van der Waals surface area contributed by atoms with Crippen molar-refractivity contribution in [1.29, 1.82) is 0 Å². The van der Waals surface area contributed by atoms with Gasteiger partial charge in [-0.1, -0.05) is 23.8 Å². The largest absolute Gasteiger partial charge is 0.345 e. The summed E-state index contributed by atoms with van der Waals surface area (Å²) in [6.07, 6.45) is 1.42. The predicted octanol–water partition coefficient (Wildman–Crippen LogP) is 3.34. The number of rotatable bonds is 4. The standard InChI is InChI=1S/C17H19N5OS/c1-9-5-6-10(2)13(7-9)11(3)20-16(23)14-12(4)21-17(24-14)15-18-8-19-22-15/h5-8,11H,1-4H3,(H,20,23)(H,18,19,22). The van der Waals surface area contributed by atoms with Gasteiger partial charge in [-0.05, 0) is 38.8 Å². The monoisotopic (exact) mass is 341 g/mol. The highest BCUT2D eigenvalue weighted by molar-refractivity contribution is 7.17. The number of aromatic nitrogens is 4. The molecular weight excluding hydrogens is 322 g/mol. The van der Waals surface area contributed by atoms with Crippen LogP contribution >= 0.6 is 11.3 Å². The number of hydrogen-bond donors (Lipinski definition) is 2. The van der Waals surface area contributed by atoms with Crippen LogP contribution in [0, 0.1) is 20.8 Å². The van der Waals surface area contributed by atoms with Gasteiger partial charge in [0.1, 0.15) is 11.2 Å². The predicted molar refractivity (Wildman–Crippen MR) is 94.0 cm³/mol. The highest BCUT2D eigenvalue weighted by atomic mass is 32.1. The van der Waals surface area contributed by atoms with Crippen LogP contribution in [0.4, 0.5) is 0 Å². The van der Waals surface area contributed by atoms with Gasteiger partial charge in [-0.25, -0.2) is 9.97 Å². The van der Waals surface area contributed by atoms with E-state index in [1.807, 2.05) is 13.8 Å². The van der Waals surface area contributed by atoms with Gasteiger partial charge in [0.2, 0.25) is 0 Å². The zero-order valence-electron chi connectivity index (χ0n) is 14.0. The lowest BCUT2D eigenvalue weighted by Crippen LogP contribution is -2.27. The molecule has 1 aromatic carbocycles. The molecule has 7 heteroatoms. The molecule has 2 heterocycles. The van der Waals surface area contributed by atoms with Crippen molar-refractivity contribution in [2.24, 2.45) is 0 Å². The first kappa shape index (κ1) is 16.3. The molecule has 24 heavy (non-hydrogen) atoms. The molecule has 0 radical (unpaired) electrons. The summed E-state index contributed by atoms with van der Waals surface area (Å²) < 4.78 is 0. The molecule has 2 aromatic heterocycles. The molecule has 2 N–H and O–H groups in total. The van der Waals surface area contributed by atoms with Crippen molar-refractivity contribution in [3.63, 3.8) is 0 Å². The molecule has 3 rings (SSSR count). The summed E-state index contributed by atoms with van der Waals surface area (Å²) in [5, 5.41) is 10.3. The number of nitrogens with one attached hydrogen (secondary N) is 2. The lowest BCUT2D eigenvalue weighted by atomic mass is 10.00. The number of H-pyrrole nitrogens is 1. The van der Waals surface area contributed by atoms with Crippen molar-refractivity contribution >= 4 is 17.2 Å². The fourth-order valence-corrected chi connectivity index (χ4v) is 3.50. The number of carbonyl (C=O) groups excluding carboxylic acids is 1. The highest BCUT2D eigenvalue weighted by Crippen LogP contribution is 2.26. The first-order valence-electron chi connectivity index (χ1n) is 7.67. The topological polar surface area (TPSA) is 83.6 Å². The van der Waals surface area contributed by atoms with E-state index in [-0.39, 0.29) is 11.9 Å². The number of thiazole rings is 1. The minimum absolute atomic E-state index is 0.0763. The van der Waals surface area contributed by atoms with E-state index in [0.29, 0.717) is 21.4 Å². The molecule has 6 nitrogen and oxygen atoms in total. The third-order valence-corrected chi connectivity index (χ3v) is 5.03. The van der Waals surface area contributed by atoms with Crippen LogP contribution in [0.1, 0.15) is 45.0 Å². The molecular formula is C17H19N5OS. The van der Waals surface area contributed by atoms with Crippen LogP contribution < -0.4 is 5.32 Å². The third kappa shape index (κ3) is 3.21. The summed E-state index contributed by atoms with van der Waals surface area (Å²) >= 11 is 1.31. The molecule has 0 aliphatic carbocycles. The van der Waals surface area contributed by atoms with E-state index >= 15 is 0 Å². The molecule has 0 fully saturated rings. The number of hydrogen-bond acceptors (Lipinski definition) is 5. The Morgan fingerprint density at radius 3 is 2.79 bits per heavy atom. The normalized spacial score (nSPS) is 12.2. The Morgan fingerprint density at radius 2 is 2.08 bits per heavy atom. The molecule has 3 aromatic rings. The summed E-state index contributed by atoms with van der Waals surface area (Å²) in [4.78, 5) is 21.7. The quantitative estimate of drug-likeness (QED) is 0.762. The zero-order chi connectivity index (χ0) is 17.3. The van der Waals surface area contributed by atoms with Crippen molar-refractivity contribution in [2.75, 3.05) is 0 Å². The van der Waals surface area contributed by atoms with E-state index in [0.717, 1.165) is 11.1 Å². The molecule has 0 saturated heterocycles. The van der Waals surface area contributed by atoms with Gasteiger partial charge in [0.15, 0.2) is 10.8 Å². The Labute approximate surface area is 144 Å². The molecule has 1 unspecified atom stereocenters. The molecule has 0 saturated carbocycles. The summed E-state index contributed by atoms with van der Waals surface area (Å²) in [7, 11) is 0. The second kappa shape index (κ2) is 6.52. The first-order chi connectivity index (χ1) is 11.5. The van der Waals surface area contributed by atoms with E-state index in [2.05, 4.69) is 57.5 Å². The van der Waals surface area contributed by atoms with Crippen LogP contribution in [-0.2, 0) is 0 Å². The Bertz CT molecular complexity index is 869. The smallest absolute Gasteiger partial charge is 0.263 e. The number of amides is 1. The van der Waals surface area contributed by atoms with Crippen molar-refractivity contribution < 1.29 is 4.79 Å². The van der Waals surface area contributed by atoms with Gasteiger partial charge in [-0.15, -0.1) is 11.3 Å². The molecule has 0 spiro atoms. The average molecular weight is 341 g/mol. The van der Waals surface area contributed by atoms with Crippen molar-refractivity contribution in [3.05, 3.63) is 51.8 Å². The number of nitrogens with zero attached hydrogens (tertiary/aromatic N) is 3. The van der Waals surface area contributed by atoms with Gasteiger partial charge in [0.05, 0.1) is 11.7 Å². The van der Waals surface area contributed by atoms with E-state index in [9.17, 15) is 4.79 Å². The second-order valence-electron chi connectivity index (χ2n) is 5.82. The van der Waals surface area contributed by atoms with Crippen LogP contribution in [0.2, 0.25) is 0 Å². The van der Waals surface area contributed by atoms with Crippen molar-refractivity contribution in [1.82, 2.24) is 25.5 Å². The molecule has 0 bridgehead atoms. The number of carbonyl (C=O) groups is 1. The van der Waals surface area contributed by atoms with E-state index in [1.54, 1.807) is 0 Å². The van der Waals surface area contributed by atoms with Gasteiger partial charge in [-0.3, -0.25) is 9.89 Å². The maximum Gasteiger partial charge on any atom is 0.263 e. The molecule has 0 aliphatic heterocycles.